The third-order valence-corrected chi connectivity index (χ3v) is 7.15. The van der Waals surface area contributed by atoms with Crippen LogP contribution in [0.4, 0.5) is 0 Å². The Bertz CT molecular complexity index is 847. The fourth-order valence-corrected chi connectivity index (χ4v) is 5.64. The van der Waals surface area contributed by atoms with Gasteiger partial charge in [-0.05, 0) is 43.4 Å². The normalized spacial score (nSPS) is 28.6. The van der Waals surface area contributed by atoms with E-state index in [-0.39, 0.29) is 0 Å². The number of nitrogens with zero attached hydrogens (tertiary/aromatic N) is 2. The Morgan fingerprint density at radius 1 is 0.935 bits per heavy atom. The quantitative estimate of drug-likeness (QED) is 0.748. The average Bonchev–Trinajstić information content (AvgIpc) is 3.20. The van der Waals surface area contributed by atoms with E-state index in [1.54, 1.807) is 5.57 Å². The molecule has 3 atom stereocenters. The van der Waals surface area contributed by atoms with Gasteiger partial charge in [0.15, 0.2) is 0 Å². The summed E-state index contributed by atoms with van der Waals surface area (Å²) >= 11 is 0. The first-order valence-corrected chi connectivity index (χ1v) is 12.0. The molecule has 2 saturated heterocycles. The zero-order valence-electron chi connectivity index (χ0n) is 18.5. The molecular formula is C27H35N3O. The minimum absolute atomic E-state index is 0.447. The lowest BCUT2D eigenvalue weighted by Gasteiger charge is -2.31. The van der Waals surface area contributed by atoms with Crippen LogP contribution in [-0.4, -0.2) is 55.3 Å². The SMILES string of the molecule is C(=C1CCCC2C1NN(CCCN1CCOCC1)C2c1ccccc1)c1ccccc1. The van der Waals surface area contributed by atoms with E-state index in [1.807, 2.05) is 0 Å². The molecule has 0 amide bonds. The molecule has 1 N–H and O–H groups in total. The number of hydrogen-bond acceptors (Lipinski definition) is 4. The maximum Gasteiger partial charge on any atom is 0.0594 e. The Kier molecular flexibility index (Phi) is 6.80. The number of hydrogen-bond donors (Lipinski definition) is 1. The summed E-state index contributed by atoms with van der Waals surface area (Å²) in [7, 11) is 0. The van der Waals surface area contributed by atoms with Crippen molar-refractivity contribution in [3.05, 3.63) is 77.4 Å². The van der Waals surface area contributed by atoms with Crippen LogP contribution in [0.3, 0.4) is 0 Å². The van der Waals surface area contributed by atoms with Gasteiger partial charge in [-0.25, -0.2) is 10.4 Å². The van der Waals surface area contributed by atoms with E-state index >= 15 is 0 Å². The second kappa shape index (κ2) is 10.1. The van der Waals surface area contributed by atoms with Gasteiger partial charge in [-0.15, -0.1) is 0 Å². The van der Waals surface area contributed by atoms with Crippen molar-refractivity contribution < 1.29 is 4.74 Å². The number of hydrazine groups is 1. The van der Waals surface area contributed by atoms with E-state index < -0.39 is 0 Å². The first-order chi connectivity index (χ1) is 15.4. The van der Waals surface area contributed by atoms with Gasteiger partial charge >= 0.3 is 0 Å². The average molecular weight is 418 g/mol. The smallest absolute Gasteiger partial charge is 0.0594 e. The maximum absolute atomic E-state index is 5.51. The summed E-state index contributed by atoms with van der Waals surface area (Å²) in [5, 5.41) is 2.56. The van der Waals surface area contributed by atoms with Gasteiger partial charge in [0.25, 0.3) is 0 Å². The highest BCUT2D eigenvalue weighted by Crippen LogP contribution is 2.45. The number of fused-ring (bicyclic) bond motifs is 1. The van der Waals surface area contributed by atoms with Crippen molar-refractivity contribution in [1.29, 1.82) is 0 Å². The van der Waals surface area contributed by atoms with Crippen LogP contribution in [0, 0.1) is 5.92 Å². The van der Waals surface area contributed by atoms with Crippen LogP contribution in [0.5, 0.6) is 0 Å². The predicted octanol–water partition coefficient (Wildman–Crippen LogP) is 4.52. The van der Waals surface area contributed by atoms with Crippen LogP contribution in [0.25, 0.3) is 6.08 Å². The first kappa shape index (κ1) is 20.9. The van der Waals surface area contributed by atoms with E-state index in [2.05, 4.69) is 82.1 Å². The highest BCUT2D eigenvalue weighted by Gasteiger charge is 2.44. The maximum atomic E-state index is 5.51. The molecule has 1 saturated carbocycles. The van der Waals surface area contributed by atoms with Gasteiger partial charge in [0.1, 0.15) is 0 Å². The molecule has 3 unspecified atom stereocenters. The second-order valence-electron chi connectivity index (χ2n) is 9.15. The molecule has 2 aliphatic heterocycles. The van der Waals surface area contributed by atoms with E-state index in [9.17, 15) is 0 Å². The van der Waals surface area contributed by atoms with E-state index in [0.717, 1.165) is 39.4 Å². The van der Waals surface area contributed by atoms with Crippen molar-refractivity contribution in [3.63, 3.8) is 0 Å². The lowest BCUT2D eigenvalue weighted by atomic mass is 9.76. The molecule has 0 spiro atoms. The number of rotatable bonds is 6. The fourth-order valence-electron chi connectivity index (χ4n) is 5.64. The summed E-state index contributed by atoms with van der Waals surface area (Å²) in [6.45, 7) is 6.15. The summed E-state index contributed by atoms with van der Waals surface area (Å²) in [5.74, 6) is 0.634. The summed E-state index contributed by atoms with van der Waals surface area (Å²) < 4.78 is 5.51. The fraction of sp³-hybridized carbons (Fsp3) is 0.481. The van der Waals surface area contributed by atoms with Gasteiger partial charge in [0, 0.05) is 31.6 Å². The summed E-state index contributed by atoms with van der Waals surface area (Å²) in [6.07, 6.45) is 7.40. The summed E-state index contributed by atoms with van der Waals surface area (Å²) in [5.41, 5.74) is 8.31. The number of benzene rings is 2. The third kappa shape index (κ3) is 4.93. The van der Waals surface area contributed by atoms with Crippen LogP contribution in [-0.2, 0) is 4.74 Å². The molecule has 1 aliphatic carbocycles. The molecular weight excluding hydrogens is 382 g/mol. The highest BCUT2D eigenvalue weighted by molar-refractivity contribution is 5.55. The van der Waals surface area contributed by atoms with E-state index in [4.69, 9.17) is 4.74 Å². The Labute approximate surface area is 186 Å². The largest absolute Gasteiger partial charge is 0.379 e. The van der Waals surface area contributed by atoms with E-state index in [0.29, 0.717) is 18.0 Å². The minimum atomic E-state index is 0.447. The van der Waals surface area contributed by atoms with Crippen LogP contribution in [0.2, 0.25) is 0 Å². The highest BCUT2D eigenvalue weighted by atomic mass is 16.5. The molecule has 0 bridgehead atoms. The number of ether oxygens (including phenoxy) is 1. The van der Waals surface area contributed by atoms with Crippen LogP contribution in [0.15, 0.2) is 66.2 Å². The van der Waals surface area contributed by atoms with Crippen molar-refractivity contribution in [1.82, 2.24) is 15.3 Å². The molecule has 31 heavy (non-hydrogen) atoms. The number of morpholine rings is 1. The monoisotopic (exact) mass is 417 g/mol. The molecule has 2 aromatic rings. The Balaban J connectivity index is 1.34. The van der Waals surface area contributed by atoms with Crippen LogP contribution in [0.1, 0.15) is 42.9 Å². The zero-order valence-corrected chi connectivity index (χ0v) is 18.5. The lowest BCUT2D eigenvalue weighted by Crippen LogP contribution is -2.41. The Morgan fingerprint density at radius 2 is 1.68 bits per heavy atom. The minimum Gasteiger partial charge on any atom is -0.379 e. The molecule has 0 aromatic heterocycles. The zero-order chi connectivity index (χ0) is 20.9. The Morgan fingerprint density at radius 3 is 2.45 bits per heavy atom. The topological polar surface area (TPSA) is 27.7 Å². The van der Waals surface area contributed by atoms with Crippen molar-refractivity contribution in [2.45, 2.75) is 37.8 Å². The molecule has 3 aliphatic rings. The molecule has 2 aromatic carbocycles. The van der Waals surface area contributed by atoms with Gasteiger partial charge in [0.2, 0.25) is 0 Å². The molecule has 0 radical (unpaired) electrons. The van der Waals surface area contributed by atoms with Crippen molar-refractivity contribution >= 4 is 6.08 Å². The van der Waals surface area contributed by atoms with Crippen LogP contribution >= 0.6 is 0 Å². The van der Waals surface area contributed by atoms with Crippen molar-refractivity contribution in [2.75, 3.05) is 39.4 Å². The van der Waals surface area contributed by atoms with Crippen LogP contribution < -0.4 is 5.43 Å². The molecule has 5 rings (SSSR count). The molecule has 3 fully saturated rings. The molecule has 2 heterocycles. The standard InChI is InChI=1S/C27H35N3O/c1-3-9-22(10-4-1)21-24-13-7-14-25-26(24)28-30(27(25)23-11-5-2-6-12-23)16-8-15-29-17-19-31-20-18-29/h1-6,9-12,21,25-28H,7-8,13-20H2. The van der Waals surface area contributed by atoms with Gasteiger partial charge < -0.3 is 4.74 Å². The summed E-state index contributed by atoms with van der Waals surface area (Å²) in [6, 6.07) is 22.9. The third-order valence-electron chi connectivity index (χ3n) is 7.15. The number of nitrogens with one attached hydrogen (secondary N) is 1. The van der Waals surface area contributed by atoms with Crippen molar-refractivity contribution in [3.8, 4) is 0 Å². The molecule has 4 nitrogen and oxygen atoms in total. The predicted molar refractivity (Wildman–Crippen MR) is 126 cm³/mol. The van der Waals surface area contributed by atoms with Crippen molar-refractivity contribution in [2.24, 2.45) is 5.92 Å². The van der Waals surface area contributed by atoms with E-state index in [1.165, 1.54) is 36.8 Å². The first-order valence-electron chi connectivity index (χ1n) is 12.0. The summed E-state index contributed by atoms with van der Waals surface area (Å²) in [4.78, 5) is 2.55. The Hall–Kier alpha value is -1.98. The molecule has 164 valence electrons. The molecule has 4 heteroatoms. The van der Waals surface area contributed by atoms with Gasteiger partial charge in [-0.2, -0.15) is 0 Å². The lowest BCUT2D eigenvalue weighted by molar-refractivity contribution is 0.0347. The second-order valence-corrected chi connectivity index (χ2v) is 9.15. The van der Waals surface area contributed by atoms with Gasteiger partial charge in [0.05, 0.1) is 19.3 Å². The van der Waals surface area contributed by atoms with Gasteiger partial charge in [-0.1, -0.05) is 72.3 Å². The van der Waals surface area contributed by atoms with Gasteiger partial charge in [-0.3, -0.25) is 4.90 Å².